The molecule has 70 heavy (non-hydrogen) atoms. The number of carbonyl (C=O) groups excluding carboxylic acids is 1. The van der Waals surface area contributed by atoms with Gasteiger partial charge in [-0.05, 0) is 136 Å². The van der Waals surface area contributed by atoms with Crippen LogP contribution < -0.4 is 25.0 Å². The number of nitrogens with two attached hydrogens (primary N) is 1. The van der Waals surface area contributed by atoms with Crippen molar-refractivity contribution in [1.82, 2.24) is 24.4 Å². The third kappa shape index (κ3) is 11.8. The smallest absolute Gasteiger partial charge is 0.319 e. The predicted octanol–water partition coefficient (Wildman–Crippen LogP) is 8.91. The largest absolute Gasteiger partial charge is 0.399 e. The Hall–Kier alpha value is -5.97. The van der Waals surface area contributed by atoms with E-state index in [4.69, 9.17) is 15.2 Å². The number of carbonyl (C=O) groups is 1. The zero-order valence-corrected chi connectivity index (χ0v) is 41.5. The lowest BCUT2D eigenvalue weighted by Gasteiger charge is -2.24. The number of fused-ring (bicyclic) bond motifs is 2. The summed E-state index contributed by atoms with van der Waals surface area (Å²) in [5.74, 6) is -6.54. The molecule has 4 heterocycles. The molecule has 378 valence electrons. The molecule has 2 aliphatic heterocycles. The van der Waals surface area contributed by atoms with Crippen molar-refractivity contribution in [1.29, 1.82) is 0 Å². The fraction of sp³-hybridized carbons (Fsp3) is 0.438. The summed E-state index contributed by atoms with van der Waals surface area (Å²) >= 11 is 0. The average Bonchev–Trinajstić information content (AvgIpc) is 3.87. The lowest BCUT2D eigenvalue weighted by molar-refractivity contribution is 0.00156. The van der Waals surface area contributed by atoms with E-state index < -0.39 is 37.9 Å². The summed E-state index contributed by atoms with van der Waals surface area (Å²) in [6.45, 7) is 8.54. The number of alkyl halides is 4. The molecule has 16 nitrogen and oxygen atoms in total. The molecule has 0 radical (unpaired) electrons. The Morgan fingerprint density at radius 3 is 1.44 bits per heavy atom. The first-order chi connectivity index (χ1) is 32.9. The van der Waals surface area contributed by atoms with Gasteiger partial charge in [0, 0.05) is 84.9 Å². The molecular formula is C48H59F4N9O7S2. The second-order valence-electron chi connectivity index (χ2n) is 18.1. The maximum Gasteiger partial charge on any atom is 0.319 e. The number of aromatic nitrogens is 4. The second-order valence-corrected chi connectivity index (χ2v) is 22.1. The molecule has 4 N–H and O–H groups in total. The molecule has 2 amide bonds. The number of imidazole rings is 2. The highest BCUT2D eigenvalue weighted by molar-refractivity contribution is 7.93. The van der Waals surface area contributed by atoms with Crippen LogP contribution in [0.2, 0.25) is 0 Å². The SMILES string of the molecule is CC(C)NC(=O)Nc1ccc(S(=O)(=O)N(C)c2ccc3c(c2)nc(C(C)(F)F)n3CC2CCOCC2)cc1.CN(c1ccc2c(c1)nc(C(C)(F)F)n2CC1CCOCC1)S(=O)(=O)c1ccc(N)cc1. The Balaban J connectivity index is 0.000000209. The summed E-state index contributed by atoms with van der Waals surface area (Å²) in [6.07, 6.45) is 3.17. The Morgan fingerprint density at radius 2 is 1.07 bits per heavy atom. The number of hydrogen-bond donors (Lipinski definition) is 3. The quantitative estimate of drug-likeness (QED) is 0.0700. The third-order valence-electron chi connectivity index (χ3n) is 12.3. The van der Waals surface area contributed by atoms with Gasteiger partial charge in [0.1, 0.15) is 0 Å². The van der Waals surface area contributed by atoms with Crippen molar-refractivity contribution < 1.29 is 48.7 Å². The number of benzene rings is 4. The minimum absolute atomic E-state index is 0.0146. The highest BCUT2D eigenvalue weighted by atomic mass is 32.2. The van der Waals surface area contributed by atoms with E-state index in [0.717, 1.165) is 48.1 Å². The highest BCUT2D eigenvalue weighted by Gasteiger charge is 2.35. The summed E-state index contributed by atoms with van der Waals surface area (Å²) in [5, 5.41) is 5.34. The number of nitrogen functional groups attached to an aromatic ring is 1. The van der Waals surface area contributed by atoms with Crippen molar-refractivity contribution in [3.63, 3.8) is 0 Å². The van der Waals surface area contributed by atoms with Crippen molar-refractivity contribution in [2.24, 2.45) is 11.8 Å². The molecule has 0 unspecified atom stereocenters. The molecule has 2 aromatic heterocycles. The van der Waals surface area contributed by atoms with Gasteiger partial charge in [-0.3, -0.25) is 8.61 Å². The van der Waals surface area contributed by atoms with Crippen LogP contribution in [0.1, 0.15) is 65.0 Å². The van der Waals surface area contributed by atoms with E-state index in [1.807, 2.05) is 13.8 Å². The van der Waals surface area contributed by atoms with Crippen molar-refractivity contribution in [3.8, 4) is 0 Å². The number of ether oxygens (including phenoxy) is 2. The van der Waals surface area contributed by atoms with E-state index in [1.165, 1.54) is 74.8 Å². The number of hydrogen-bond acceptors (Lipinski definition) is 10. The number of amides is 2. The molecule has 0 aliphatic carbocycles. The fourth-order valence-electron chi connectivity index (χ4n) is 8.42. The van der Waals surface area contributed by atoms with E-state index in [-0.39, 0.29) is 45.0 Å². The molecule has 0 atom stereocenters. The first kappa shape index (κ1) is 51.9. The normalized spacial score (nSPS) is 15.5. The Kier molecular flexibility index (Phi) is 15.4. The van der Waals surface area contributed by atoms with Crippen LogP contribution in [0.5, 0.6) is 0 Å². The van der Waals surface area contributed by atoms with Gasteiger partial charge in [-0.25, -0.2) is 31.6 Å². The van der Waals surface area contributed by atoms with Crippen molar-refractivity contribution >= 4 is 70.9 Å². The van der Waals surface area contributed by atoms with Gasteiger partial charge in [-0.15, -0.1) is 0 Å². The molecular weight excluding hydrogens is 955 g/mol. The van der Waals surface area contributed by atoms with Gasteiger partial charge in [0.2, 0.25) is 0 Å². The van der Waals surface area contributed by atoms with Crippen LogP contribution in [0.3, 0.4) is 0 Å². The van der Waals surface area contributed by atoms with E-state index in [2.05, 4.69) is 20.6 Å². The first-order valence-corrected chi connectivity index (χ1v) is 25.7. The summed E-state index contributed by atoms with van der Waals surface area (Å²) in [7, 11) is -5.01. The summed E-state index contributed by atoms with van der Waals surface area (Å²) in [6, 6.07) is 20.8. The molecule has 6 aromatic rings. The van der Waals surface area contributed by atoms with Gasteiger partial charge in [-0.2, -0.15) is 17.6 Å². The zero-order chi connectivity index (χ0) is 50.8. The monoisotopic (exact) mass is 1010 g/mol. The van der Waals surface area contributed by atoms with E-state index in [9.17, 15) is 39.2 Å². The van der Waals surface area contributed by atoms with Crippen molar-refractivity contribution in [3.05, 3.63) is 96.6 Å². The maximum absolute atomic E-state index is 14.5. The Labute approximate surface area is 405 Å². The van der Waals surface area contributed by atoms with Crippen LogP contribution in [0.15, 0.2) is 94.7 Å². The molecule has 4 aromatic carbocycles. The molecule has 2 saturated heterocycles. The van der Waals surface area contributed by atoms with Crippen LogP contribution in [0, 0.1) is 11.8 Å². The van der Waals surface area contributed by atoms with Gasteiger partial charge in [0.25, 0.3) is 20.0 Å². The molecule has 0 bridgehead atoms. The topological polar surface area (TPSA) is 196 Å². The lowest BCUT2D eigenvalue weighted by Crippen LogP contribution is -2.34. The first-order valence-electron chi connectivity index (χ1n) is 22.9. The number of urea groups is 1. The molecule has 0 spiro atoms. The highest BCUT2D eigenvalue weighted by Crippen LogP contribution is 2.36. The maximum atomic E-state index is 14.5. The molecule has 2 fully saturated rings. The van der Waals surface area contributed by atoms with Gasteiger partial charge >= 0.3 is 17.9 Å². The number of halogens is 4. The zero-order valence-electron chi connectivity index (χ0n) is 39.8. The number of nitrogens with one attached hydrogen (secondary N) is 2. The van der Waals surface area contributed by atoms with Gasteiger partial charge in [-0.1, -0.05) is 0 Å². The number of nitrogens with zero attached hydrogens (tertiary/aromatic N) is 6. The summed E-state index contributed by atoms with van der Waals surface area (Å²) in [4.78, 5) is 20.4. The lowest BCUT2D eigenvalue weighted by atomic mass is 10.00. The minimum atomic E-state index is -3.97. The number of rotatable bonds is 14. The summed E-state index contributed by atoms with van der Waals surface area (Å²) in [5.41, 5.74) is 8.86. The van der Waals surface area contributed by atoms with Crippen molar-refractivity contribution in [2.75, 3.05) is 60.2 Å². The van der Waals surface area contributed by atoms with E-state index in [1.54, 1.807) is 33.4 Å². The van der Waals surface area contributed by atoms with Crippen LogP contribution in [0.25, 0.3) is 22.1 Å². The van der Waals surface area contributed by atoms with Crippen LogP contribution in [0.4, 0.5) is 45.1 Å². The van der Waals surface area contributed by atoms with Gasteiger partial charge in [0.15, 0.2) is 11.6 Å². The number of anilines is 4. The standard InChI is InChI=1S/C26H33F2N5O4S.C22H26F2N4O3S/c1-17(2)29-25(34)30-19-5-8-21(9-6-19)38(35,36)32(4)20-7-10-23-22(15-20)31-24(26(3,27)28)33(23)16-18-11-13-37-14-12-18;1-22(23,24)21-26-19-13-17(27(2)32(29,30)18-6-3-16(25)4-7-18)5-8-20(19)28(21)14-15-9-11-31-12-10-15/h5-10,15,17-18H,11-14,16H2,1-4H3,(H2,29,30,34);3-8,13,15H,9-12,14,25H2,1-2H3. The Morgan fingerprint density at radius 1 is 0.686 bits per heavy atom. The second kappa shape index (κ2) is 20.8. The van der Waals surface area contributed by atoms with E-state index in [0.29, 0.717) is 78.6 Å². The van der Waals surface area contributed by atoms with Crippen LogP contribution in [-0.4, -0.2) is 88.5 Å². The van der Waals surface area contributed by atoms with Gasteiger partial charge in [0.05, 0.1) is 43.2 Å². The van der Waals surface area contributed by atoms with Crippen molar-refractivity contribution in [2.45, 2.75) is 94.1 Å². The van der Waals surface area contributed by atoms with Gasteiger partial charge < -0.3 is 35.0 Å². The van der Waals surface area contributed by atoms with Crippen LogP contribution >= 0.6 is 0 Å². The average molecular weight is 1010 g/mol. The molecule has 2 aliphatic rings. The Bertz CT molecular complexity index is 3020. The van der Waals surface area contributed by atoms with Crippen LogP contribution in [-0.2, 0) is 54.5 Å². The summed E-state index contributed by atoms with van der Waals surface area (Å²) < 4.78 is 126. The third-order valence-corrected chi connectivity index (χ3v) is 15.9. The molecule has 8 rings (SSSR count). The molecule has 22 heteroatoms. The van der Waals surface area contributed by atoms with E-state index >= 15 is 0 Å². The fourth-order valence-corrected chi connectivity index (χ4v) is 10.8. The minimum Gasteiger partial charge on any atom is -0.399 e. The number of sulfonamides is 2. The molecule has 0 saturated carbocycles. The predicted molar refractivity (Wildman–Crippen MR) is 261 cm³/mol.